The highest BCUT2D eigenvalue weighted by Gasteiger charge is 2.26. The van der Waals surface area contributed by atoms with Crippen molar-refractivity contribution in [2.75, 3.05) is 27.2 Å². The van der Waals surface area contributed by atoms with Gasteiger partial charge in [-0.15, -0.1) is 0 Å². The van der Waals surface area contributed by atoms with E-state index >= 15 is 0 Å². The molecule has 156 valence electrons. The van der Waals surface area contributed by atoms with Crippen LogP contribution in [0.3, 0.4) is 0 Å². The van der Waals surface area contributed by atoms with E-state index in [1.54, 1.807) is 20.2 Å². The molecule has 2 fully saturated rings. The second kappa shape index (κ2) is 10.8. The van der Waals surface area contributed by atoms with Crippen LogP contribution in [0.1, 0.15) is 56.1 Å². The summed E-state index contributed by atoms with van der Waals surface area (Å²) in [6, 6.07) is 6.43. The summed E-state index contributed by atoms with van der Waals surface area (Å²) in [6.45, 7) is 3.25. The third-order valence-corrected chi connectivity index (χ3v) is 6.06. The molecule has 1 saturated carbocycles. The molecule has 0 spiro atoms. The maximum Gasteiger partial charge on any atom is 0.191 e. The maximum absolute atomic E-state index is 13.8. The van der Waals surface area contributed by atoms with Gasteiger partial charge in [0, 0.05) is 51.4 Å². The highest BCUT2D eigenvalue weighted by atomic mass is 19.1. The number of nitrogens with zero attached hydrogens (tertiary/aromatic N) is 2. The van der Waals surface area contributed by atoms with Crippen molar-refractivity contribution in [1.29, 1.82) is 0 Å². The molecule has 6 heteroatoms. The Morgan fingerprint density at radius 2 is 1.93 bits per heavy atom. The van der Waals surface area contributed by atoms with Crippen molar-refractivity contribution >= 4 is 5.96 Å². The normalized spacial score (nSPS) is 20.3. The van der Waals surface area contributed by atoms with Crippen LogP contribution in [0.2, 0.25) is 0 Å². The molecule has 1 saturated heterocycles. The lowest BCUT2D eigenvalue weighted by atomic mass is 9.92. The Hall–Kier alpha value is -1.66. The first-order valence-electron chi connectivity index (χ1n) is 10.7. The second-order valence-electron chi connectivity index (χ2n) is 8.03. The number of likely N-dealkylation sites (tertiary alicyclic amines) is 1. The average molecular weight is 391 g/mol. The van der Waals surface area contributed by atoms with Crippen LogP contribution in [0.25, 0.3) is 0 Å². The minimum Gasteiger partial charge on any atom is -0.380 e. The molecule has 2 N–H and O–H groups in total. The summed E-state index contributed by atoms with van der Waals surface area (Å²) in [5.74, 6) is 0.589. The number of aliphatic imine (C=N–C) groups is 1. The van der Waals surface area contributed by atoms with Crippen LogP contribution < -0.4 is 10.6 Å². The Morgan fingerprint density at radius 3 is 2.61 bits per heavy atom. The lowest BCUT2D eigenvalue weighted by molar-refractivity contribution is 0.119. The van der Waals surface area contributed by atoms with Crippen molar-refractivity contribution in [1.82, 2.24) is 15.5 Å². The van der Waals surface area contributed by atoms with E-state index in [0.29, 0.717) is 18.2 Å². The van der Waals surface area contributed by atoms with Gasteiger partial charge in [0.25, 0.3) is 0 Å². The van der Waals surface area contributed by atoms with Crippen LogP contribution in [-0.4, -0.2) is 50.2 Å². The number of ether oxygens (including phenoxy) is 1. The SMILES string of the molecule is CN=C(NCc1ccc(F)c(COC)c1)NC1CCN(C2CCCCC2)CC1. The molecule has 0 bridgehead atoms. The average Bonchev–Trinajstić information content (AvgIpc) is 2.74. The lowest BCUT2D eigenvalue weighted by Crippen LogP contribution is -2.50. The summed E-state index contributed by atoms with van der Waals surface area (Å²) in [4.78, 5) is 7.06. The fourth-order valence-corrected chi connectivity index (χ4v) is 4.43. The molecule has 1 aromatic carbocycles. The van der Waals surface area contributed by atoms with E-state index in [0.717, 1.165) is 30.4 Å². The third-order valence-electron chi connectivity index (χ3n) is 6.06. The molecule has 2 aliphatic rings. The van der Waals surface area contributed by atoms with Gasteiger partial charge in [0.1, 0.15) is 5.82 Å². The van der Waals surface area contributed by atoms with Crippen molar-refractivity contribution in [2.45, 2.75) is 70.2 Å². The van der Waals surface area contributed by atoms with Crippen LogP contribution in [-0.2, 0) is 17.9 Å². The Kier molecular flexibility index (Phi) is 8.10. The molecule has 0 atom stereocenters. The van der Waals surface area contributed by atoms with Crippen molar-refractivity contribution in [3.8, 4) is 0 Å². The highest BCUT2D eigenvalue weighted by Crippen LogP contribution is 2.25. The zero-order valence-electron chi connectivity index (χ0n) is 17.3. The molecule has 1 heterocycles. The highest BCUT2D eigenvalue weighted by molar-refractivity contribution is 5.79. The number of hydrogen-bond donors (Lipinski definition) is 2. The molecule has 1 aromatic rings. The number of nitrogens with one attached hydrogen (secondary N) is 2. The Morgan fingerprint density at radius 1 is 1.18 bits per heavy atom. The third kappa shape index (κ3) is 5.92. The van der Waals surface area contributed by atoms with Crippen LogP contribution in [0.4, 0.5) is 4.39 Å². The Bertz CT molecular complexity index is 637. The van der Waals surface area contributed by atoms with Gasteiger partial charge in [0.15, 0.2) is 5.96 Å². The van der Waals surface area contributed by atoms with E-state index in [1.165, 1.54) is 51.3 Å². The fourth-order valence-electron chi connectivity index (χ4n) is 4.43. The minimum absolute atomic E-state index is 0.224. The van der Waals surface area contributed by atoms with Crippen molar-refractivity contribution in [3.05, 3.63) is 35.1 Å². The smallest absolute Gasteiger partial charge is 0.191 e. The van der Waals surface area contributed by atoms with E-state index in [1.807, 2.05) is 6.07 Å². The van der Waals surface area contributed by atoms with Crippen LogP contribution in [0.15, 0.2) is 23.2 Å². The summed E-state index contributed by atoms with van der Waals surface area (Å²) in [5, 5.41) is 6.92. The van der Waals surface area contributed by atoms with E-state index in [4.69, 9.17) is 4.74 Å². The topological polar surface area (TPSA) is 48.9 Å². The molecule has 0 aromatic heterocycles. The second-order valence-corrected chi connectivity index (χ2v) is 8.03. The van der Waals surface area contributed by atoms with E-state index < -0.39 is 0 Å². The number of methoxy groups -OCH3 is 1. The summed E-state index contributed by atoms with van der Waals surface area (Å²) in [7, 11) is 3.38. The van der Waals surface area contributed by atoms with Gasteiger partial charge in [-0.3, -0.25) is 4.99 Å². The zero-order valence-corrected chi connectivity index (χ0v) is 17.3. The van der Waals surface area contributed by atoms with E-state index in [9.17, 15) is 4.39 Å². The van der Waals surface area contributed by atoms with E-state index in [2.05, 4.69) is 20.5 Å². The molecule has 0 unspecified atom stereocenters. The summed E-state index contributed by atoms with van der Waals surface area (Å²) >= 11 is 0. The summed E-state index contributed by atoms with van der Waals surface area (Å²) in [6.07, 6.45) is 9.28. The van der Waals surface area contributed by atoms with Gasteiger partial charge in [-0.2, -0.15) is 0 Å². The predicted molar refractivity (Wildman–Crippen MR) is 112 cm³/mol. The number of benzene rings is 1. The molecule has 3 rings (SSSR count). The number of rotatable bonds is 6. The molecular weight excluding hydrogens is 355 g/mol. The van der Waals surface area contributed by atoms with Crippen LogP contribution >= 0.6 is 0 Å². The van der Waals surface area contributed by atoms with Crippen LogP contribution in [0.5, 0.6) is 0 Å². The standard InChI is InChI=1S/C22H35FN4O/c1-24-22(25-15-17-8-9-21(23)18(14-17)16-28-2)26-19-10-12-27(13-11-19)20-6-4-3-5-7-20/h8-9,14,19-20H,3-7,10-13,15-16H2,1-2H3,(H2,24,25,26). The van der Waals surface area contributed by atoms with Crippen molar-refractivity contribution < 1.29 is 9.13 Å². The van der Waals surface area contributed by atoms with Gasteiger partial charge in [-0.1, -0.05) is 25.3 Å². The number of halogens is 1. The molecule has 28 heavy (non-hydrogen) atoms. The Labute approximate surface area is 168 Å². The maximum atomic E-state index is 13.8. The predicted octanol–water partition coefficient (Wildman–Crippen LogP) is 3.43. The van der Waals surface area contributed by atoms with Gasteiger partial charge in [-0.05, 0) is 43.4 Å². The first-order valence-corrected chi connectivity index (χ1v) is 10.7. The van der Waals surface area contributed by atoms with Gasteiger partial charge in [0.05, 0.1) is 6.61 Å². The van der Waals surface area contributed by atoms with Crippen molar-refractivity contribution in [3.63, 3.8) is 0 Å². The molecular formula is C22H35FN4O. The van der Waals surface area contributed by atoms with Crippen molar-refractivity contribution in [2.24, 2.45) is 4.99 Å². The number of guanidine groups is 1. The van der Waals surface area contributed by atoms with Gasteiger partial charge in [-0.25, -0.2) is 4.39 Å². The number of piperidine rings is 1. The molecule has 0 radical (unpaired) electrons. The Balaban J connectivity index is 1.44. The first-order chi connectivity index (χ1) is 13.7. The molecule has 5 nitrogen and oxygen atoms in total. The van der Waals surface area contributed by atoms with Gasteiger partial charge in [0.2, 0.25) is 0 Å². The largest absolute Gasteiger partial charge is 0.380 e. The van der Waals surface area contributed by atoms with Gasteiger partial charge >= 0.3 is 0 Å². The van der Waals surface area contributed by atoms with Crippen LogP contribution in [0, 0.1) is 5.82 Å². The summed E-state index contributed by atoms with van der Waals surface area (Å²) in [5.41, 5.74) is 1.60. The monoisotopic (exact) mass is 390 g/mol. The number of hydrogen-bond acceptors (Lipinski definition) is 3. The van der Waals surface area contributed by atoms with E-state index in [-0.39, 0.29) is 12.4 Å². The molecule has 0 amide bonds. The first kappa shape index (κ1) is 21.1. The zero-order chi connectivity index (χ0) is 19.8. The van der Waals surface area contributed by atoms with Gasteiger partial charge < -0.3 is 20.3 Å². The molecule has 1 aliphatic heterocycles. The fraction of sp³-hybridized carbons (Fsp3) is 0.682. The lowest BCUT2D eigenvalue weighted by Gasteiger charge is -2.39. The minimum atomic E-state index is -0.224. The molecule has 1 aliphatic carbocycles. The quantitative estimate of drug-likeness (QED) is 0.577. The summed E-state index contributed by atoms with van der Waals surface area (Å²) < 4.78 is 18.8.